The Kier molecular flexibility index (Phi) is 3.88. The van der Waals surface area contributed by atoms with Crippen molar-refractivity contribution in [1.82, 2.24) is 9.97 Å². The lowest BCUT2D eigenvalue weighted by Crippen LogP contribution is -1.96. The van der Waals surface area contributed by atoms with Gasteiger partial charge in [-0.2, -0.15) is 4.98 Å². The first-order valence-corrected chi connectivity index (χ1v) is 6.06. The molecular weight excluding hydrogens is 321 g/mol. The Morgan fingerprint density at radius 2 is 2.11 bits per heavy atom. The molecule has 0 fully saturated rings. The number of aromatic nitrogens is 2. The highest BCUT2D eigenvalue weighted by Gasteiger charge is 2.11. The van der Waals surface area contributed by atoms with Gasteiger partial charge < -0.3 is 15.2 Å². The Labute approximate surface area is 117 Å². The number of nitrogens with zero attached hydrogens (tertiary/aromatic N) is 2. The molecule has 0 spiro atoms. The van der Waals surface area contributed by atoms with E-state index < -0.39 is 0 Å². The maximum atomic E-state index is 5.94. The van der Waals surface area contributed by atoms with Crippen molar-refractivity contribution in [3.63, 3.8) is 0 Å². The van der Waals surface area contributed by atoms with Crippen molar-refractivity contribution in [3.05, 3.63) is 34.0 Å². The van der Waals surface area contributed by atoms with Crippen molar-refractivity contribution in [2.75, 3.05) is 12.8 Å². The molecular formula is C11H9BrClN3O2. The molecule has 2 N–H and O–H groups in total. The fraction of sp³-hybridized carbons (Fsp3) is 0.0909. The fourth-order valence-corrected chi connectivity index (χ4v) is 1.81. The SMILES string of the molecule is COc1ccc(Oc2ncnc(N)c2Cl)c(Br)c1. The first-order valence-electron chi connectivity index (χ1n) is 4.89. The van der Waals surface area contributed by atoms with E-state index in [4.69, 9.17) is 26.8 Å². The van der Waals surface area contributed by atoms with E-state index in [2.05, 4.69) is 25.9 Å². The standard InChI is InChI=1S/C11H9BrClN3O2/c1-17-6-2-3-8(7(12)4-6)18-11-9(13)10(14)15-5-16-11/h2-5H,1H3,(H2,14,15,16). The molecule has 7 heteroatoms. The molecule has 0 saturated carbocycles. The second-order valence-electron chi connectivity index (χ2n) is 3.28. The number of anilines is 1. The first kappa shape index (κ1) is 12.9. The van der Waals surface area contributed by atoms with Crippen molar-refractivity contribution in [3.8, 4) is 17.4 Å². The maximum Gasteiger partial charge on any atom is 0.243 e. The van der Waals surface area contributed by atoms with Crippen LogP contribution in [0.25, 0.3) is 0 Å². The van der Waals surface area contributed by atoms with E-state index in [1.54, 1.807) is 25.3 Å². The Morgan fingerprint density at radius 3 is 2.78 bits per heavy atom. The van der Waals surface area contributed by atoms with Crippen LogP contribution in [0.4, 0.5) is 5.82 Å². The molecule has 0 radical (unpaired) electrons. The quantitative estimate of drug-likeness (QED) is 0.935. The molecule has 1 aromatic heterocycles. The zero-order valence-corrected chi connectivity index (χ0v) is 11.7. The minimum Gasteiger partial charge on any atom is -0.497 e. The highest BCUT2D eigenvalue weighted by Crippen LogP contribution is 2.35. The van der Waals surface area contributed by atoms with Gasteiger partial charge >= 0.3 is 0 Å². The van der Waals surface area contributed by atoms with Gasteiger partial charge in [0.05, 0.1) is 11.6 Å². The van der Waals surface area contributed by atoms with Gasteiger partial charge in [0, 0.05) is 0 Å². The molecule has 2 rings (SSSR count). The van der Waals surface area contributed by atoms with E-state index >= 15 is 0 Å². The minimum absolute atomic E-state index is 0.173. The van der Waals surface area contributed by atoms with Crippen LogP contribution in [-0.2, 0) is 0 Å². The molecule has 1 aromatic carbocycles. The minimum atomic E-state index is 0.173. The van der Waals surface area contributed by atoms with E-state index in [0.29, 0.717) is 11.5 Å². The lowest BCUT2D eigenvalue weighted by molar-refractivity contribution is 0.411. The average Bonchev–Trinajstić information content (AvgIpc) is 2.37. The molecule has 0 saturated heterocycles. The summed E-state index contributed by atoms with van der Waals surface area (Å²) in [6.45, 7) is 0. The van der Waals surface area contributed by atoms with Crippen LogP contribution in [0.3, 0.4) is 0 Å². The molecule has 0 bridgehead atoms. The number of rotatable bonds is 3. The van der Waals surface area contributed by atoms with Crippen LogP contribution in [0.2, 0.25) is 5.02 Å². The largest absolute Gasteiger partial charge is 0.497 e. The fourth-order valence-electron chi connectivity index (χ4n) is 1.23. The summed E-state index contributed by atoms with van der Waals surface area (Å²) in [5.41, 5.74) is 5.56. The number of hydrogen-bond donors (Lipinski definition) is 1. The summed E-state index contributed by atoms with van der Waals surface area (Å²) in [6.07, 6.45) is 1.29. The van der Waals surface area contributed by atoms with Gasteiger partial charge in [0.1, 0.15) is 28.7 Å². The van der Waals surface area contributed by atoms with Crippen LogP contribution in [0, 0.1) is 0 Å². The number of nitrogen functional groups attached to an aromatic ring is 1. The van der Waals surface area contributed by atoms with Gasteiger partial charge in [0.25, 0.3) is 0 Å². The van der Waals surface area contributed by atoms with Crippen molar-refractivity contribution in [1.29, 1.82) is 0 Å². The van der Waals surface area contributed by atoms with E-state index in [0.717, 1.165) is 4.47 Å². The summed E-state index contributed by atoms with van der Waals surface area (Å²) in [5, 5.41) is 0.181. The van der Waals surface area contributed by atoms with E-state index in [1.807, 2.05) is 0 Å². The van der Waals surface area contributed by atoms with Crippen LogP contribution >= 0.6 is 27.5 Å². The van der Waals surface area contributed by atoms with Gasteiger partial charge in [-0.1, -0.05) is 11.6 Å². The molecule has 0 atom stereocenters. The van der Waals surface area contributed by atoms with Gasteiger partial charge in [0.15, 0.2) is 0 Å². The predicted octanol–water partition coefficient (Wildman–Crippen LogP) is 3.28. The van der Waals surface area contributed by atoms with E-state index in [-0.39, 0.29) is 16.7 Å². The number of methoxy groups -OCH3 is 1. The zero-order chi connectivity index (χ0) is 13.1. The molecule has 0 unspecified atom stereocenters. The molecule has 5 nitrogen and oxygen atoms in total. The van der Waals surface area contributed by atoms with Crippen LogP contribution < -0.4 is 15.2 Å². The lowest BCUT2D eigenvalue weighted by Gasteiger charge is -2.09. The van der Waals surface area contributed by atoms with Crippen LogP contribution in [0.5, 0.6) is 17.4 Å². The van der Waals surface area contributed by atoms with Crippen LogP contribution in [0.15, 0.2) is 29.0 Å². The number of halogens is 2. The Balaban J connectivity index is 2.31. The summed E-state index contributed by atoms with van der Waals surface area (Å²) in [7, 11) is 1.59. The highest BCUT2D eigenvalue weighted by atomic mass is 79.9. The number of benzene rings is 1. The Hall–Kier alpha value is -1.53. The predicted molar refractivity (Wildman–Crippen MR) is 72.2 cm³/mol. The average molecular weight is 331 g/mol. The van der Waals surface area contributed by atoms with Gasteiger partial charge in [-0.3, -0.25) is 0 Å². The second kappa shape index (κ2) is 5.41. The van der Waals surface area contributed by atoms with Crippen molar-refractivity contribution in [2.24, 2.45) is 0 Å². The Bertz CT molecular complexity index is 580. The highest BCUT2D eigenvalue weighted by molar-refractivity contribution is 9.10. The van der Waals surface area contributed by atoms with Gasteiger partial charge in [-0.15, -0.1) is 0 Å². The molecule has 2 aromatic rings. The van der Waals surface area contributed by atoms with E-state index in [9.17, 15) is 0 Å². The summed E-state index contributed by atoms with van der Waals surface area (Å²) >= 11 is 9.30. The zero-order valence-electron chi connectivity index (χ0n) is 9.35. The van der Waals surface area contributed by atoms with Crippen molar-refractivity contribution < 1.29 is 9.47 Å². The van der Waals surface area contributed by atoms with Crippen LogP contribution in [-0.4, -0.2) is 17.1 Å². The molecule has 0 aliphatic heterocycles. The number of nitrogens with two attached hydrogens (primary N) is 1. The van der Waals surface area contributed by atoms with Crippen LogP contribution in [0.1, 0.15) is 0 Å². The number of hydrogen-bond acceptors (Lipinski definition) is 5. The van der Waals surface area contributed by atoms with Gasteiger partial charge in [-0.05, 0) is 34.1 Å². The lowest BCUT2D eigenvalue weighted by atomic mass is 10.3. The second-order valence-corrected chi connectivity index (χ2v) is 4.51. The van der Waals surface area contributed by atoms with Crippen molar-refractivity contribution in [2.45, 2.75) is 0 Å². The summed E-state index contributed by atoms with van der Waals surface area (Å²) in [6, 6.07) is 5.27. The molecule has 18 heavy (non-hydrogen) atoms. The third-order valence-corrected chi connectivity index (χ3v) is 3.11. The van der Waals surface area contributed by atoms with Gasteiger partial charge in [0.2, 0.25) is 5.88 Å². The summed E-state index contributed by atoms with van der Waals surface area (Å²) in [4.78, 5) is 7.67. The molecule has 0 aliphatic carbocycles. The summed E-state index contributed by atoms with van der Waals surface area (Å²) in [5.74, 6) is 1.64. The monoisotopic (exact) mass is 329 g/mol. The normalized spacial score (nSPS) is 10.2. The molecule has 1 heterocycles. The number of ether oxygens (including phenoxy) is 2. The third kappa shape index (κ3) is 2.65. The molecule has 0 aliphatic rings. The first-order chi connectivity index (χ1) is 8.61. The Morgan fingerprint density at radius 1 is 1.33 bits per heavy atom. The topological polar surface area (TPSA) is 70.3 Å². The molecule has 94 valence electrons. The maximum absolute atomic E-state index is 5.94. The van der Waals surface area contributed by atoms with Gasteiger partial charge in [-0.25, -0.2) is 4.98 Å². The summed E-state index contributed by atoms with van der Waals surface area (Å²) < 4.78 is 11.4. The van der Waals surface area contributed by atoms with Crippen molar-refractivity contribution >= 4 is 33.3 Å². The smallest absolute Gasteiger partial charge is 0.243 e. The van der Waals surface area contributed by atoms with E-state index in [1.165, 1.54) is 6.33 Å². The third-order valence-electron chi connectivity index (χ3n) is 2.13. The molecule has 0 amide bonds.